The minimum absolute atomic E-state index is 0.442. The zero-order valence-corrected chi connectivity index (χ0v) is 31.3. The number of nitriles is 1. The number of aromatic nitrogens is 6. The van der Waals surface area contributed by atoms with Crippen LogP contribution in [0, 0.1) is 25.2 Å². The molecule has 0 bridgehead atoms. The van der Waals surface area contributed by atoms with Crippen molar-refractivity contribution in [3.63, 3.8) is 0 Å². The molecule has 2 aromatic carbocycles. The normalized spacial score (nSPS) is 10.5. The van der Waals surface area contributed by atoms with Crippen LogP contribution in [0.1, 0.15) is 27.0 Å². The van der Waals surface area contributed by atoms with E-state index in [2.05, 4.69) is 46.6 Å². The van der Waals surface area contributed by atoms with Gasteiger partial charge in [0.25, 0.3) is 0 Å². The average molecular weight is 757 g/mol. The fourth-order valence-electron chi connectivity index (χ4n) is 5.34. The van der Waals surface area contributed by atoms with Crippen LogP contribution in [0.4, 0.5) is 23.3 Å². The molecule has 1 amide bonds. The van der Waals surface area contributed by atoms with Crippen molar-refractivity contribution in [2.45, 2.75) is 13.8 Å². The lowest BCUT2D eigenvalue weighted by Crippen LogP contribution is -2.10. The zero-order valence-electron chi connectivity index (χ0n) is 29.6. The molecular formula is C42H32N10OS2. The molecule has 0 aliphatic rings. The zero-order chi connectivity index (χ0) is 38.1. The molecule has 8 rings (SSSR count). The summed E-state index contributed by atoms with van der Waals surface area (Å²) in [5, 5.41) is 17.4. The van der Waals surface area contributed by atoms with Gasteiger partial charge >= 0.3 is 0 Å². The van der Waals surface area contributed by atoms with Crippen LogP contribution in [0.15, 0.2) is 134 Å². The Morgan fingerprint density at radius 2 is 1.18 bits per heavy atom. The second-order valence-electron chi connectivity index (χ2n) is 12.2. The van der Waals surface area contributed by atoms with Gasteiger partial charge in [-0.3, -0.25) is 4.79 Å². The molecule has 268 valence electrons. The third-order valence-corrected chi connectivity index (χ3v) is 10.2. The highest BCUT2D eigenvalue weighted by Gasteiger charge is 2.13. The molecule has 0 unspecified atom stereocenters. The van der Waals surface area contributed by atoms with Crippen molar-refractivity contribution in [1.29, 1.82) is 5.26 Å². The van der Waals surface area contributed by atoms with Gasteiger partial charge in [-0.05, 0) is 91.7 Å². The molecule has 0 aliphatic heterocycles. The number of nitrogens with one attached hydrogen (secondary N) is 2. The van der Waals surface area contributed by atoms with Crippen molar-refractivity contribution >= 4 is 51.9 Å². The summed E-state index contributed by atoms with van der Waals surface area (Å²) in [6.45, 7) is 4.04. The lowest BCUT2D eigenvalue weighted by atomic mass is 10.1. The summed E-state index contributed by atoms with van der Waals surface area (Å²) < 4.78 is 0. The number of aryl methyl sites for hydroxylation is 2. The molecule has 13 heteroatoms. The molecule has 6 heterocycles. The van der Waals surface area contributed by atoms with Gasteiger partial charge in [-0.25, -0.2) is 29.9 Å². The first-order valence-corrected chi connectivity index (χ1v) is 18.6. The number of hydrogen-bond acceptors (Lipinski definition) is 12. The molecule has 0 radical (unpaired) electrons. The second kappa shape index (κ2) is 16.7. The van der Waals surface area contributed by atoms with Crippen molar-refractivity contribution in [3.8, 4) is 48.4 Å². The number of carbonyl (C=O) groups excluding carboxylic acids is 1. The maximum Gasteiger partial charge on any atom is 0.248 e. The highest BCUT2D eigenvalue weighted by atomic mass is 32.1. The van der Waals surface area contributed by atoms with Crippen LogP contribution in [0.5, 0.6) is 0 Å². The Morgan fingerprint density at radius 1 is 0.636 bits per heavy atom. The van der Waals surface area contributed by atoms with E-state index in [9.17, 15) is 10.1 Å². The van der Waals surface area contributed by atoms with E-state index in [4.69, 9.17) is 5.73 Å². The molecule has 0 spiro atoms. The monoisotopic (exact) mass is 756 g/mol. The SMILES string of the molecule is Cc1ccnc(Nc2cccc(-c3cnc(-c4ccc(C(N)=O)cc4)s3)n2)c1.Cc1ccnc(Nc2cccc(-c3cnc(-c4ccccc4C#N)s3)n2)c1. The number of pyridine rings is 4. The van der Waals surface area contributed by atoms with E-state index >= 15 is 0 Å². The first-order chi connectivity index (χ1) is 26.8. The van der Waals surface area contributed by atoms with Crippen molar-refractivity contribution in [3.05, 3.63) is 156 Å². The summed E-state index contributed by atoms with van der Waals surface area (Å²) in [5.41, 5.74) is 12.1. The highest BCUT2D eigenvalue weighted by Crippen LogP contribution is 2.34. The number of nitrogens with zero attached hydrogens (tertiary/aromatic N) is 7. The first kappa shape index (κ1) is 36.2. The summed E-state index contributed by atoms with van der Waals surface area (Å²) >= 11 is 3.06. The lowest BCUT2D eigenvalue weighted by molar-refractivity contribution is 0.100. The number of rotatable bonds is 9. The number of primary amides is 1. The maximum atomic E-state index is 11.2. The number of hydrogen-bond donors (Lipinski definition) is 3. The minimum atomic E-state index is -0.442. The Kier molecular flexibility index (Phi) is 11.0. The summed E-state index contributed by atoms with van der Waals surface area (Å²) in [4.78, 5) is 40.0. The lowest BCUT2D eigenvalue weighted by Gasteiger charge is -2.06. The Hall–Kier alpha value is -7.14. The maximum absolute atomic E-state index is 11.2. The van der Waals surface area contributed by atoms with E-state index in [1.807, 2.05) is 105 Å². The van der Waals surface area contributed by atoms with Gasteiger partial charge in [0.15, 0.2) is 0 Å². The fourth-order valence-corrected chi connectivity index (χ4v) is 7.16. The standard InChI is InChI=1S/C21H17N5OS.C21H15N5S/c1-13-9-10-23-19(11-13)26-18-4-2-3-16(25-18)17-12-24-21(28-17)15-7-5-14(6-8-15)20(22)27;1-14-9-10-23-20(11-14)26-19-8-4-7-17(25-19)18-13-24-21(27-18)16-6-3-2-5-15(16)12-22/h2-12H,1H3,(H2,22,27)(H,23,25,26);2-11,13H,1H3,(H,23,25,26). The predicted octanol–water partition coefficient (Wildman–Crippen LogP) is 9.61. The van der Waals surface area contributed by atoms with Gasteiger partial charge in [-0.1, -0.05) is 42.5 Å². The average Bonchev–Trinajstić information content (AvgIpc) is 3.90. The second-order valence-corrected chi connectivity index (χ2v) is 14.2. The molecule has 0 saturated carbocycles. The largest absolute Gasteiger partial charge is 0.366 e. The van der Waals surface area contributed by atoms with E-state index in [1.165, 1.54) is 22.7 Å². The van der Waals surface area contributed by atoms with E-state index in [0.29, 0.717) is 11.1 Å². The first-order valence-electron chi connectivity index (χ1n) is 17.0. The number of thiazole rings is 2. The van der Waals surface area contributed by atoms with Crippen molar-refractivity contribution in [1.82, 2.24) is 29.9 Å². The van der Waals surface area contributed by atoms with Gasteiger partial charge in [0.05, 0.1) is 32.8 Å². The van der Waals surface area contributed by atoms with Crippen LogP contribution in [-0.4, -0.2) is 35.8 Å². The van der Waals surface area contributed by atoms with Crippen LogP contribution in [0.3, 0.4) is 0 Å². The van der Waals surface area contributed by atoms with Crippen LogP contribution in [0.25, 0.3) is 42.3 Å². The topological polar surface area (TPSA) is 168 Å². The molecule has 4 N–H and O–H groups in total. The Bertz CT molecular complexity index is 2650. The van der Waals surface area contributed by atoms with Crippen molar-refractivity contribution < 1.29 is 4.79 Å². The Labute approximate surface area is 325 Å². The number of anilines is 4. The van der Waals surface area contributed by atoms with Gasteiger partial charge in [0.1, 0.15) is 33.3 Å². The van der Waals surface area contributed by atoms with Gasteiger partial charge < -0.3 is 16.4 Å². The molecule has 0 aliphatic carbocycles. The van der Waals surface area contributed by atoms with E-state index in [0.717, 1.165) is 76.7 Å². The number of carbonyl (C=O) groups is 1. The van der Waals surface area contributed by atoms with Crippen LogP contribution < -0.4 is 16.4 Å². The number of nitrogens with two attached hydrogens (primary N) is 1. The number of benzene rings is 2. The molecule has 0 saturated heterocycles. The fraction of sp³-hybridized carbons (Fsp3) is 0.0476. The van der Waals surface area contributed by atoms with Gasteiger partial charge in [-0.2, -0.15) is 5.26 Å². The summed E-state index contributed by atoms with van der Waals surface area (Å²) in [6, 6.07) is 36.2. The van der Waals surface area contributed by atoms with E-state index < -0.39 is 5.91 Å². The van der Waals surface area contributed by atoms with Crippen LogP contribution in [-0.2, 0) is 0 Å². The summed E-state index contributed by atoms with van der Waals surface area (Å²) in [6.07, 6.45) is 7.13. The van der Waals surface area contributed by atoms with E-state index in [1.54, 1.807) is 43.0 Å². The van der Waals surface area contributed by atoms with Gasteiger partial charge in [-0.15, -0.1) is 22.7 Å². The highest BCUT2D eigenvalue weighted by molar-refractivity contribution is 7.18. The van der Waals surface area contributed by atoms with Crippen LogP contribution in [0.2, 0.25) is 0 Å². The Morgan fingerprint density at radius 3 is 1.73 bits per heavy atom. The number of amides is 1. The molecule has 8 aromatic rings. The molecule has 11 nitrogen and oxygen atoms in total. The Balaban J connectivity index is 0.000000169. The van der Waals surface area contributed by atoms with Crippen molar-refractivity contribution in [2.75, 3.05) is 10.6 Å². The molecular weight excluding hydrogens is 725 g/mol. The van der Waals surface area contributed by atoms with Crippen molar-refractivity contribution in [2.24, 2.45) is 5.73 Å². The molecule has 55 heavy (non-hydrogen) atoms. The van der Waals surface area contributed by atoms with Crippen LogP contribution >= 0.6 is 22.7 Å². The molecule has 0 fully saturated rings. The third kappa shape index (κ3) is 9.09. The van der Waals surface area contributed by atoms with Gasteiger partial charge in [0.2, 0.25) is 5.91 Å². The molecule has 0 atom stereocenters. The smallest absolute Gasteiger partial charge is 0.248 e. The third-order valence-electron chi connectivity index (χ3n) is 8.05. The summed E-state index contributed by atoms with van der Waals surface area (Å²) in [5.74, 6) is 2.51. The predicted molar refractivity (Wildman–Crippen MR) is 219 cm³/mol. The van der Waals surface area contributed by atoms with E-state index in [-0.39, 0.29) is 0 Å². The summed E-state index contributed by atoms with van der Waals surface area (Å²) in [7, 11) is 0. The molecule has 6 aromatic heterocycles. The minimum Gasteiger partial charge on any atom is -0.366 e. The quantitative estimate of drug-likeness (QED) is 0.129. The van der Waals surface area contributed by atoms with Gasteiger partial charge in [0, 0.05) is 41.5 Å².